The van der Waals surface area contributed by atoms with Crippen molar-refractivity contribution in [1.29, 1.82) is 0 Å². The molecule has 0 saturated heterocycles. The van der Waals surface area contributed by atoms with Gasteiger partial charge in [-0.2, -0.15) is 0 Å². The second kappa shape index (κ2) is 10.9. The summed E-state index contributed by atoms with van der Waals surface area (Å²) in [5, 5.41) is 4.50. The Balaban J connectivity index is 1.64. The molecule has 2 aromatic heterocycles. The van der Waals surface area contributed by atoms with Crippen LogP contribution >= 0.6 is 0 Å². The number of hydrogen-bond acceptors (Lipinski definition) is 7. The molecule has 4 rings (SSSR count). The topological polar surface area (TPSA) is 94.1 Å². The summed E-state index contributed by atoms with van der Waals surface area (Å²) >= 11 is 0. The molecule has 7 nitrogen and oxygen atoms in total. The van der Waals surface area contributed by atoms with Crippen molar-refractivity contribution in [1.82, 2.24) is 15.0 Å². The number of sulfone groups is 1. The third-order valence-electron chi connectivity index (χ3n) is 6.80. The fourth-order valence-electron chi connectivity index (χ4n) is 4.84. The Morgan fingerprint density at radius 1 is 1.09 bits per heavy atom. The zero-order chi connectivity index (χ0) is 25.0. The van der Waals surface area contributed by atoms with Crippen molar-refractivity contribution in [2.45, 2.75) is 71.1 Å². The number of pyridine rings is 1. The van der Waals surface area contributed by atoms with E-state index < -0.39 is 9.84 Å². The molecule has 0 radical (unpaired) electrons. The molecule has 1 N–H and O–H groups in total. The van der Waals surface area contributed by atoms with Gasteiger partial charge in [-0.15, -0.1) is 0 Å². The Kier molecular flexibility index (Phi) is 7.89. The van der Waals surface area contributed by atoms with Crippen molar-refractivity contribution in [2.75, 3.05) is 18.2 Å². The van der Waals surface area contributed by atoms with Gasteiger partial charge < -0.3 is 10.1 Å². The van der Waals surface area contributed by atoms with Crippen LogP contribution in [0.2, 0.25) is 0 Å². The number of benzene rings is 1. The maximum atomic E-state index is 12.3. The van der Waals surface area contributed by atoms with Gasteiger partial charge in [0, 0.05) is 23.2 Å². The molecule has 188 valence electrons. The summed E-state index contributed by atoms with van der Waals surface area (Å²) in [6.45, 7) is 6.30. The SMILES string of the molecule is CCCS(=O)(=O)Cc1ccc(-c2cc(CC)c3nc(NC4CCC(C)CC4)ncc3c2)c(OC)n1. The predicted molar refractivity (Wildman–Crippen MR) is 142 cm³/mol. The number of anilines is 1. The van der Waals surface area contributed by atoms with Gasteiger partial charge in [-0.1, -0.05) is 20.8 Å². The van der Waals surface area contributed by atoms with Gasteiger partial charge in [0.25, 0.3) is 0 Å². The van der Waals surface area contributed by atoms with Crippen molar-refractivity contribution in [3.8, 4) is 17.0 Å². The van der Waals surface area contributed by atoms with Crippen LogP contribution < -0.4 is 10.1 Å². The van der Waals surface area contributed by atoms with Gasteiger partial charge in [0.1, 0.15) is 0 Å². The van der Waals surface area contributed by atoms with Crippen molar-refractivity contribution in [3.63, 3.8) is 0 Å². The van der Waals surface area contributed by atoms with E-state index in [-0.39, 0.29) is 11.5 Å². The highest BCUT2D eigenvalue weighted by molar-refractivity contribution is 7.90. The number of aromatic nitrogens is 3. The quantitative estimate of drug-likeness (QED) is 0.413. The van der Waals surface area contributed by atoms with Gasteiger partial charge >= 0.3 is 0 Å². The zero-order valence-electron chi connectivity index (χ0n) is 21.2. The Morgan fingerprint density at radius 3 is 2.54 bits per heavy atom. The molecule has 1 fully saturated rings. The van der Waals surface area contributed by atoms with Gasteiger partial charge in [0.05, 0.1) is 29.8 Å². The van der Waals surface area contributed by atoms with Crippen LogP contribution in [0.1, 0.15) is 64.1 Å². The Bertz CT molecular complexity index is 1290. The molecule has 8 heteroatoms. The molecule has 2 heterocycles. The summed E-state index contributed by atoms with van der Waals surface area (Å²) < 4.78 is 30.1. The highest BCUT2D eigenvalue weighted by Gasteiger charge is 2.20. The second-order valence-electron chi connectivity index (χ2n) is 9.67. The molecule has 35 heavy (non-hydrogen) atoms. The minimum atomic E-state index is -3.18. The van der Waals surface area contributed by atoms with Crippen molar-refractivity contribution in [3.05, 3.63) is 41.7 Å². The Morgan fingerprint density at radius 2 is 1.86 bits per heavy atom. The van der Waals surface area contributed by atoms with Crippen molar-refractivity contribution < 1.29 is 13.2 Å². The number of nitrogens with one attached hydrogen (secondary N) is 1. The lowest BCUT2D eigenvalue weighted by Gasteiger charge is -2.26. The van der Waals surface area contributed by atoms with Crippen LogP contribution in [-0.4, -0.2) is 42.3 Å². The number of ether oxygens (including phenoxy) is 1. The third kappa shape index (κ3) is 6.10. The van der Waals surface area contributed by atoms with Crippen LogP contribution in [0.3, 0.4) is 0 Å². The van der Waals surface area contributed by atoms with E-state index in [9.17, 15) is 8.42 Å². The minimum absolute atomic E-state index is 0.0844. The lowest BCUT2D eigenvalue weighted by molar-refractivity contribution is 0.360. The fraction of sp³-hybridized carbons (Fsp3) is 0.519. The monoisotopic (exact) mass is 496 g/mol. The lowest BCUT2D eigenvalue weighted by Crippen LogP contribution is -2.26. The van der Waals surface area contributed by atoms with Gasteiger partial charge in [0.2, 0.25) is 11.8 Å². The van der Waals surface area contributed by atoms with E-state index in [2.05, 4.69) is 35.2 Å². The molecular formula is C27H36N4O3S. The number of nitrogens with zero attached hydrogens (tertiary/aromatic N) is 3. The molecule has 1 aromatic carbocycles. The van der Waals surface area contributed by atoms with Crippen LogP contribution in [0.25, 0.3) is 22.0 Å². The van der Waals surface area contributed by atoms with Crippen LogP contribution in [0.4, 0.5) is 5.95 Å². The van der Waals surface area contributed by atoms with E-state index in [4.69, 9.17) is 9.72 Å². The van der Waals surface area contributed by atoms with Crippen molar-refractivity contribution >= 4 is 26.7 Å². The third-order valence-corrected chi connectivity index (χ3v) is 8.56. The van der Waals surface area contributed by atoms with Crippen LogP contribution in [0.5, 0.6) is 5.88 Å². The van der Waals surface area contributed by atoms with Gasteiger partial charge in [-0.25, -0.2) is 23.4 Å². The molecule has 1 aliphatic carbocycles. The average molecular weight is 497 g/mol. The van der Waals surface area contributed by atoms with E-state index in [0.717, 1.165) is 52.8 Å². The highest BCUT2D eigenvalue weighted by atomic mass is 32.2. The first kappa shape index (κ1) is 25.4. The molecule has 1 saturated carbocycles. The number of aryl methyl sites for hydroxylation is 1. The van der Waals surface area contributed by atoms with Gasteiger partial charge in [0.15, 0.2) is 9.84 Å². The first-order chi connectivity index (χ1) is 16.8. The summed E-state index contributed by atoms with van der Waals surface area (Å²) in [7, 11) is -1.62. The summed E-state index contributed by atoms with van der Waals surface area (Å²) in [5.74, 6) is 1.98. The molecule has 0 amide bonds. The smallest absolute Gasteiger partial charge is 0.223 e. The molecular weight excluding hydrogens is 460 g/mol. The standard InChI is InChI=1S/C27H36N4O3S/c1-5-13-35(32,33)17-23-11-12-24(26(29-23)34-4)20-14-19(6-2)25-21(15-20)16-28-27(31-25)30-22-9-7-18(3)8-10-22/h11-12,14-16,18,22H,5-10,13,17H2,1-4H3,(H,28,30,31). The summed E-state index contributed by atoms with van der Waals surface area (Å²) in [4.78, 5) is 14.0. The molecule has 0 aliphatic heterocycles. The summed E-state index contributed by atoms with van der Waals surface area (Å²) in [5.41, 5.74) is 4.34. The maximum absolute atomic E-state index is 12.3. The first-order valence-corrected chi connectivity index (χ1v) is 14.4. The molecule has 0 spiro atoms. The Hall–Kier alpha value is -2.74. The number of rotatable bonds is 9. The molecule has 0 bridgehead atoms. The normalized spacial score (nSPS) is 18.5. The predicted octanol–water partition coefficient (Wildman–Crippen LogP) is 5.58. The van der Waals surface area contributed by atoms with Gasteiger partial charge in [-0.05, 0) is 79.8 Å². The second-order valence-corrected chi connectivity index (χ2v) is 11.9. The molecule has 3 aromatic rings. The highest BCUT2D eigenvalue weighted by Crippen LogP contribution is 2.33. The lowest BCUT2D eigenvalue weighted by atomic mass is 9.87. The van der Waals surface area contributed by atoms with Gasteiger partial charge in [-0.3, -0.25) is 0 Å². The summed E-state index contributed by atoms with van der Waals surface area (Å²) in [6.07, 6.45) is 8.10. The van der Waals surface area contributed by atoms with Crippen molar-refractivity contribution in [2.24, 2.45) is 5.92 Å². The molecule has 1 aliphatic rings. The van der Waals surface area contributed by atoms with E-state index in [1.807, 2.05) is 25.3 Å². The minimum Gasteiger partial charge on any atom is -0.481 e. The van der Waals surface area contributed by atoms with Crippen LogP contribution in [0.15, 0.2) is 30.5 Å². The average Bonchev–Trinajstić information content (AvgIpc) is 2.84. The Labute approximate surface area is 208 Å². The van der Waals surface area contributed by atoms with Crippen LogP contribution in [-0.2, 0) is 22.0 Å². The molecule has 0 unspecified atom stereocenters. The first-order valence-electron chi connectivity index (χ1n) is 12.6. The number of hydrogen-bond donors (Lipinski definition) is 1. The zero-order valence-corrected chi connectivity index (χ0v) is 22.0. The van der Waals surface area contributed by atoms with E-state index >= 15 is 0 Å². The van der Waals surface area contributed by atoms with E-state index in [1.165, 1.54) is 12.8 Å². The number of fused-ring (bicyclic) bond motifs is 1. The van der Waals surface area contributed by atoms with Crippen LogP contribution in [0, 0.1) is 5.92 Å². The number of methoxy groups -OCH3 is 1. The van der Waals surface area contributed by atoms with E-state index in [1.54, 1.807) is 13.2 Å². The fourth-order valence-corrected chi connectivity index (χ4v) is 6.22. The van der Waals surface area contributed by atoms with E-state index in [0.29, 0.717) is 30.0 Å². The molecule has 0 atom stereocenters. The largest absolute Gasteiger partial charge is 0.481 e. The maximum Gasteiger partial charge on any atom is 0.223 e. The summed E-state index contributed by atoms with van der Waals surface area (Å²) in [6, 6.07) is 8.27.